The van der Waals surface area contributed by atoms with Crippen LogP contribution in [0.5, 0.6) is 0 Å². The summed E-state index contributed by atoms with van der Waals surface area (Å²) in [6.45, 7) is 4.09. The van der Waals surface area contributed by atoms with Crippen molar-refractivity contribution in [1.29, 1.82) is 0 Å². The topological polar surface area (TPSA) is 61.4 Å². The number of aliphatic hydroxyl groups is 1. The van der Waals surface area contributed by atoms with E-state index < -0.39 is 0 Å². The van der Waals surface area contributed by atoms with E-state index in [2.05, 4.69) is 10.6 Å². The van der Waals surface area contributed by atoms with Gasteiger partial charge in [-0.15, -0.1) is 0 Å². The lowest BCUT2D eigenvalue weighted by Gasteiger charge is -2.19. The first-order valence-electron chi connectivity index (χ1n) is 6.43. The van der Waals surface area contributed by atoms with Crippen LogP contribution in [0, 0.1) is 0 Å². The number of carbonyl (C=O) groups is 1. The normalized spacial score (nSPS) is 13.9. The molecule has 0 saturated heterocycles. The number of aliphatic hydroxyl groups excluding tert-OH is 1. The fourth-order valence-corrected chi connectivity index (χ4v) is 2.07. The molecule has 106 valence electrons. The second kappa shape index (κ2) is 8.15. The quantitative estimate of drug-likeness (QED) is 0.721. The lowest BCUT2D eigenvalue weighted by Crippen LogP contribution is -2.37. The summed E-state index contributed by atoms with van der Waals surface area (Å²) >= 11 is 5.85. The third kappa shape index (κ3) is 6.57. The number of anilines is 1. The molecule has 0 radical (unpaired) electrons. The summed E-state index contributed by atoms with van der Waals surface area (Å²) in [5, 5.41) is 15.5. The van der Waals surface area contributed by atoms with Gasteiger partial charge >= 0.3 is 0 Å². The van der Waals surface area contributed by atoms with Gasteiger partial charge in [0.2, 0.25) is 5.91 Å². The highest BCUT2D eigenvalue weighted by atomic mass is 35.5. The van der Waals surface area contributed by atoms with Gasteiger partial charge in [-0.1, -0.05) is 17.7 Å². The summed E-state index contributed by atoms with van der Waals surface area (Å²) in [4.78, 5) is 11.8. The monoisotopic (exact) mass is 284 g/mol. The molecule has 0 heterocycles. The van der Waals surface area contributed by atoms with Gasteiger partial charge in [-0.25, -0.2) is 0 Å². The molecule has 0 aromatic heterocycles. The fraction of sp³-hybridized carbons (Fsp3) is 0.500. The number of carbonyl (C=O) groups excluding carboxylic acids is 1. The Labute approximate surface area is 119 Å². The summed E-state index contributed by atoms with van der Waals surface area (Å²) in [6, 6.07) is 7.32. The summed E-state index contributed by atoms with van der Waals surface area (Å²) < 4.78 is 0. The Morgan fingerprint density at radius 3 is 2.74 bits per heavy atom. The molecule has 0 spiro atoms. The molecule has 19 heavy (non-hydrogen) atoms. The first-order valence-corrected chi connectivity index (χ1v) is 6.81. The van der Waals surface area contributed by atoms with Crippen molar-refractivity contribution < 1.29 is 9.90 Å². The van der Waals surface area contributed by atoms with Gasteiger partial charge in [0.25, 0.3) is 0 Å². The van der Waals surface area contributed by atoms with Gasteiger partial charge in [0.1, 0.15) is 0 Å². The Kier molecular flexibility index (Phi) is 6.84. The van der Waals surface area contributed by atoms with Crippen LogP contribution in [-0.4, -0.2) is 29.7 Å². The molecule has 0 bridgehead atoms. The van der Waals surface area contributed by atoms with E-state index in [1.807, 2.05) is 13.8 Å². The Bertz CT molecular complexity index is 412. The number of hydrogen-bond acceptors (Lipinski definition) is 3. The van der Waals surface area contributed by atoms with Crippen LogP contribution in [0.1, 0.15) is 26.7 Å². The zero-order valence-electron chi connectivity index (χ0n) is 11.3. The lowest BCUT2D eigenvalue weighted by molar-refractivity contribution is -0.116. The molecule has 1 amide bonds. The molecular formula is C14H21ClN2O2. The van der Waals surface area contributed by atoms with E-state index in [1.165, 1.54) is 0 Å². The molecule has 1 aromatic rings. The molecule has 1 unspecified atom stereocenters. The van der Waals surface area contributed by atoms with Crippen LogP contribution >= 0.6 is 11.6 Å². The van der Waals surface area contributed by atoms with Crippen molar-refractivity contribution in [2.75, 3.05) is 11.9 Å². The number of nitrogens with one attached hydrogen (secondary N) is 2. The van der Waals surface area contributed by atoms with Crippen molar-refractivity contribution >= 4 is 23.2 Å². The average Bonchev–Trinajstić information content (AvgIpc) is 2.28. The van der Waals surface area contributed by atoms with E-state index in [-0.39, 0.29) is 24.6 Å². The van der Waals surface area contributed by atoms with Crippen molar-refractivity contribution in [3.63, 3.8) is 0 Å². The number of benzene rings is 1. The van der Waals surface area contributed by atoms with E-state index in [0.29, 0.717) is 23.6 Å². The fourth-order valence-electron chi connectivity index (χ4n) is 1.88. The molecule has 0 aliphatic heterocycles. The molecule has 0 aliphatic carbocycles. The minimum Gasteiger partial charge on any atom is -0.396 e. The highest BCUT2D eigenvalue weighted by molar-refractivity contribution is 6.30. The SMILES string of the molecule is CC(CC(=O)Nc1cccc(Cl)c1)N[C@H](C)CCO. The number of hydrogen-bond donors (Lipinski definition) is 3. The van der Waals surface area contributed by atoms with Crippen LogP contribution in [-0.2, 0) is 4.79 Å². The van der Waals surface area contributed by atoms with Gasteiger partial charge < -0.3 is 15.7 Å². The first kappa shape index (κ1) is 16.0. The van der Waals surface area contributed by atoms with Crippen molar-refractivity contribution in [3.8, 4) is 0 Å². The van der Waals surface area contributed by atoms with Gasteiger partial charge in [-0.3, -0.25) is 4.79 Å². The van der Waals surface area contributed by atoms with E-state index in [4.69, 9.17) is 16.7 Å². The number of amides is 1. The molecule has 2 atom stereocenters. The maximum atomic E-state index is 11.8. The van der Waals surface area contributed by atoms with Crippen LogP contribution in [0.4, 0.5) is 5.69 Å². The molecular weight excluding hydrogens is 264 g/mol. The van der Waals surface area contributed by atoms with Crippen molar-refractivity contribution in [1.82, 2.24) is 5.32 Å². The highest BCUT2D eigenvalue weighted by Crippen LogP contribution is 2.15. The molecule has 0 fully saturated rings. The van der Waals surface area contributed by atoms with Crippen LogP contribution in [0.25, 0.3) is 0 Å². The molecule has 0 aliphatic rings. The highest BCUT2D eigenvalue weighted by Gasteiger charge is 2.11. The predicted molar refractivity (Wildman–Crippen MR) is 78.5 cm³/mol. The van der Waals surface area contributed by atoms with Crippen LogP contribution in [0.3, 0.4) is 0 Å². The second-order valence-corrected chi connectivity index (χ2v) is 5.18. The minimum absolute atomic E-state index is 0.0562. The predicted octanol–water partition coefficient (Wildman–Crippen LogP) is 2.42. The molecule has 0 saturated carbocycles. The maximum Gasteiger partial charge on any atom is 0.225 e. The van der Waals surface area contributed by atoms with Crippen molar-refractivity contribution in [2.24, 2.45) is 0 Å². The molecule has 1 rings (SSSR count). The van der Waals surface area contributed by atoms with Gasteiger partial charge in [0.05, 0.1) is 0 Å². The van der Waals surface area contributed by atoms with Gasteiger partial charge in [0, 0.05) is 35.8 Å². The van der Waals surface area contributed by atoms with Crippen LogP contribution < -0.4 is 10.6 Å². The molecule has 4 nitrogen and oxygen atoms in total. The zero-order valence-corrected chi connectivity index (χ0v) is 12.1. The van der Waals surface area contributed by atoms with Crippen molar-refractivity contribution in [3.05, 3.63) is 29.3 Å². The smallest absolute Gasteiger partial charge is 0.225 e. The Morgan fingerprint density at radius 1 is 1.37 bits per heavy atom. The molecule has 5 heteroatoms. The van der Waals surface area contributed by atoms with E-state index in [0.717, 1.165) is 0 Å². The second-order valence-electron chi connectivity index (χ2n) is 4.74. The van der Waals surface area contributed by atoms with Gasteiger partial charge in [-0.2, -0.15) is 0 Å². The lowest BCUT2D eigenvalue weighted by atomic mass is 10.1. The van der Waals surface area contributed by atoms with E-state index in [9.17, 15) is 4.79 Å². The average molecular weight is 285 g/mol. The van der Waals surface area contributed by atoms with Gasteiger partial charge in [0.15, 0.2) is 0 Å². The summed E-state index contributed by atoms with van der Waals surface area (Å²) in [5.74, 6) is -0.0570. The number of rotatable bonds is 7. The Balaban J connectivity index is 2.38. The maximum absolute atomic E-state index is 11.8. The first-order chi connectivity index (χ1) is 9.01. The van der Waals surface area contributed by atoms with Crippen molar-refractivity contribution in [2.45, 2.75) is 38.8 Å². The standard InChI is InChI=1S/C14H21ClN2O2/c1-10(6-7-18)16-11(2)8-14(19)17-13-5-3-4-12(15)9-13/h3-5,9-11,16,18H,6-8H2,1-2H3,(H,17,19)/t10-,11?/m1/s1. The molecule has 1 aromatic carbocycles. The third-order valence-electron chi connectivity index (χ3n) is 2.73. The summed E-state index contributed by atoms with van der Waals surface area (Å²) in [6.07, 6.45) is 1.06. The number of halogens is 1. The summed E-state index contributed by atoms with van der Waals surface area (Å²) in [5.41, 5.74) is 0.702. The van der Waals surface area contributed by atoms with Gasteiger partial charge in [-0.05, 0) is 38.5 Å². The third-order valence-corrected chi connectivity index (χ3v) is 2.97. The molecule has 3 N–H and O–H groups in total. The van der Waals surface area contributed by atoms with Crippen LogP contribution in [0.15, 0.2) is 24.3 Å². The minimum atomic E-state index is -0.0570. The van der Waals surface area contributed by atoms with E-state index in [1.54, 1.807) is 24.3 Å². The summed E-state index contributed by atoms with van der Waals surface area (Å²) in [7, 11) is 0. The zero-order chi connectivity index (χ0) is 14.3. The van der Waals surface area contributed by atoms with E-state index >= 15 is 0 Å². The largest absolute Gasteiger partial charge is 0.396 e. The Hall–Kier alpha value is -1.10. The Morgan fingerprint density at radius 2 is 2.11 bits per heavy atom. The van der Waals surface area contributed by atoms with Crippen LogP contribution in [0.2, 0.25) is 5.02 Å².